The van der Waals surface area contributed by atoms with Crippen LogP contribution in [-0.2, 0) is 35.8 Å². The fraction of sp³-hybridized carbons (Fsp3) is 0.375. The van der Waals surface area contributed by atoms with Gasteiger partial charge in [-0.2, -0.15) is 16.8 Å². The lowest BCUT2D eigenvalue weighted by Crippen LogP contribution is -2.47. The normalized spacial score (nSPS) is 21.3. The molecule has 0 unspecified atom stereocenters. The molecular weight excluding hydrogens is 825 g/mol. The van der Waals surface area contributed by atoms with Crippen LogP contribution in [0.2, 0.25) is 0 Å². The molecule has 1 saturated heterocycles. The average molecular weight is 880 g/mol. The van der Waals surface area contributed by atoms with E-state index in [1.54, 1.807) is 16.7 Å². The molecular formula is C48H55N4O8S2+. The fourth-order valence-corrected chi connectivity index (χ4v) is 11.2. The summed E-state index contributed by atoms with van der Waals surface area (Å²) in [5.41, 5.74) is 7.82. The molecule has 2 fully saturated rings. The SMILES string of the molecule is CCOC(=O)N1CC[N+](=C2C(=CC=C3N(CCCS(=O)(=O)O)c4ccc5ccccc5c4C3(C)C)CCC2=CC=C2N(CS(=O)(=O)O)c3ccc4ccccc4c3C2(C)C)CC1. The van der Waals surface area contributed by atoms with E-state index in [1.807, 2.05) is 48.5 Å². The van der Waals surface area contributed by atoms with Crippen LogP contribution in [0.1, 0.15) is 65.0 Å². The van der Waals surface area contributed by atoms with E-state index in [0.717, 1.165) is 78.7 Å². The molecule has 1 saturated carbocycles. The standard InChI is InChI=1S/C48H54N4O8S2/c1-6-60-46(53)50-29-27-49(28-30-50)45-35(20-24-41-47(2,3)43-37-14-9-7-12-33(37)18-22-39(43)51(41)26-11-31-61(54,55)56)16-17-36(45)21-25-42-48(4,5)44-38-15-10-8-13-34(38)19-23-40(44)52(42)32-62(57,58)59/h7-10,12-15,18-25H,6,11,16-17,26-32H2,1-5H3,(H-,54,55,56,57,58,59)/p+1. The highest BCUT2D eigenvalue weighted by Gasteiger charge is 2.44. The number of nitrogens with zero attached hydrogens (tertiary/aromatic N) is 4. The van der Waals surface area contributed by atoms with Crippen molar-refractivity contribution < 1.29 is 40.0 Å². The minimum Gasteiger partial charge on any atom is -0.450 e. The van der Waals surface area contributed by atoms with E-state index in [9.17, 15) is 30.7 Å². The first-order valence-corrected chi connectivity index (χ1v) is 24.5. The van der Waals surface area contributed by atoms with Gasteiger partial charge in [0.15, 0.2) is 19.0 Å². The predicted molar refractivity (Wildman–Crippen MR) is 246 cm³/mol. The van der Waals surface area contributed by atoms with E-state index in [0.29, 0.717) is 45.8 Å². The van der Waals surface area contributed by atoms with Crippen LogP contribution in [0.25, 0.3) is 21.5 Å². The van der Waals surface area contributed by atoms with Crippen LogP contribution in [0.5, 0.6) is 0 Å². The molecule has 4 aromatic rings. The largest absolute Gasteiger partial charge is 0.450 e. The van der Waals surface area contributed by atoms with Gasteiger partial charge in [-0.15, -0.1) is 0 Å². The average Bonchev–Trinajstić information content (AvgIpc) is 3.79. The van der Waals surface area contributed by atoms with Crippen LogP contribution in [-0.4, -0.2) is 98.2 Å². The zero-order valence-electron chi connectivity index (χ0n) is 36.0. The van der Waals surface area contributed by atoms with Crippen molar-refractivity contribution in [2.75, 3.05) is 60.8 Å². The number of fused-ring (bicyclic) bond motifs is 6. The Morgan fingerprint density at radius 3 is 1.71 bits per heavy atom. The summed E-state index contributed by atoms with van der Waals surface area (Å²) in [5.74, 6) is -0.934. The molecule has 8 rings (SSSR count). The second-order valence-electron chi connectivity index (χ2n) is 17.6. The lowest BCUT2D eigenvalue weighted by Gasteiger charge is -2.27. The van der Waals surface area contributed by atoms with Gasteiger partial charge in [0.05, 0.1) is 25.4 Å². The van der Waals surface area contributed by atoms with Crippen molar-refractivity contribution in [3.63, 3.8) is 0 Å². The zero-order chi connectivity index (χ0) is 44.2. The molecule has 0 atom stereocenters. The van der Waals surface area contributed by atoms with Crippen molar-refractivity contribution in [3.8, 4) is 0 Å². The summed E-state index contributed by atoms with van der Waals surface area (Å²) in [6, 6.07) is 24.4. The van der Waals surface area contributed by atoms with Gasteiger partial charge in [-0.25, -0.2) is 9.37 Å². The first kappa shape index (κ1) is 43.4. The Morgan fingerprint density at radius 1 is 0.710 bits per heavy atom. The van der Waals surface area contributed by atoms with Crippen molar-refractivity contribution in [1.29, 1.82) is 0 Å². The zero-order valence-corrected chi connectivity index (χ0v) is 37.6. The molecule has 14 heteroatoms. The lowest BCUT2D eigenvalue weighted by atomic mass is 9.81. The third-order valence-electron chi connectivity index (χ3n) is 12.9. The number of hydrogen-bond donors (Lipinski definition) is 2. The van der Waals surface area contributed by atoms with Gasteiger partial charge in [0.2, 0.25) is 5.71 Å². The third-order valence-corrected chi connectivity index (χ3v) is 14.3. The Hall–Kier alpha value is -5.28. The van der Waals surface area contributed by atoms with Crippen molar-refractivity contribution in [2.45, 2.75) is 64.7 Å². The summed E-state index contributed by atoms with van der Waals surface area (Å²) < 4.78 is 76.3. The van der Waals surface area contributed by atoms with E-state index in [2.05, 4.69) is 85.7 Å². The highest BCUT2D eigenvalue weighted by molar-refractivity contribution is 7.86. The Bertz CT molecular complexity index is 2860. The van der Waals surface area contributed by atoms with Crippen LogP contribution in [0, 0.1) is 0 Å². The Labute approximate surface area is 364 Å². The van der Waals surface area contributed by atoms with Gasteiger partial charge in [0.25, 0.3) is 20.2 Å². The lowest BCUT2D eigenvalue weighted by molar-refractivity contribution is -0.537. The highest BCUT2D eigenvalue weighted by Crippen LogP contribution is 2.52. The Balaban J connectivity index is 1.24. The number of ether oxygens (including phenoxy) is 1. The molecule has 0 aromatic heterocycles. The summed E-state index contributed by atoms with van der Waals surface area (Å²) in [6.45, 7) is 13.2. The summed E-state index contributed by atoms with van der Waals surface area (Å²) in [4.78, 5) is 18.4. The van der Waals surface area contributed by atoms with Gasteiger partial charge in [-0.1, -0.05) is 101 Å². The monoisotopic (exact) mass is 879 g/mol. The molecule has 0 radical (unpaired) electrons. The number of piperazine rings is 1. The Morgan fingerprint density at radius 2 is 1.21 bits per heavy atom. The summed E-state index contributed by atoms with van der Waals surface area (Å²) >= 11 is 0. The van der Waals surface area contributed by atoms with Crippen molar-refractivity contribution in [2.24, 2.45) is 0 Å². The molecule has 0 bridgehead atoms. The summed E-state index contributed by atoms with van der Waals surface area (Å²) in [7, 11) is -8.56. The molecule has 0 spiro atoms. The smallest absolute Gasteiger partial charge is 0.410 e. The fourth-order valence-electron chi connectivity index (χ4n) is 10.1. The second-order valence-corrected chi connectivity index (χ2v) is 20.5. The van der Waals surface area contributed by atoms with E-state index in [1.165, 1.54) is 0 Å². The number of rotatable bonds is 9. The van der Waals surface area contributed by atoms with E-state index >= 15 is 0 Å². The topological polar surface area (TPSA) is 148 Å². The van der Waals surface area contributed by atoms with Gasteiger partial charge in [-0.05, 0) is 83.1 Å². The maximum Gasteiger partial charge on any atom is 0.410 e. The molecule has 3 heterocycles. The van der Waals surface area contributed by atoms with E-state index in [-0.39, 0.29) is 18.3 Å². The van der Waals surface area contributed by atoms with Gasteiger partial charge in [-0.3, -0.25) is 14.0 Å². The molecule has 3 aliphatic heterocycles. The first-order valence-electron chi connectivity index (χ1n) is 21.3. The number of anilines is 2. The van der Waals surface area contributed by atoms with Crippen LogP contribution < -0.4 is 9.80 Å². The van der Waals surface area contributed by atoms with Crippen LogP contribution >= 0.6 is 0 Å². The molecule has 2 N–H and O–H groups in total. The van der Waals surface area contributed by atoms with Crippen molar-refractivity contribution in [3.05, 3.63) is 131 Å². The van der Waals surface area contributed by atoms with Gasteiger partial charge >= 0.3 is 6.09 Å². The number of amides is 1. The summed E-state index contributed by atoms with van der Waals surface area (Å²) in [6.07, 6.45) is 9.78. The number of benzene rings is 4. The van der Waals surface area contributed by atoms with Crippen LogP contribution in [0.15, 0.2) is 120 Å². The molecule has 12 nitrogen and oxygen atoms in total. The maximum absolute atomic E-state index is 12.7. The van der Waals surface area contributed by atoms with Crippen molar-refractivity contribution in [1.82, 2.24) is 4.90 Å². The molecule has 62 heavy (non-hydrogen) atoms. The molecule has 1 amide bonds. The number of carbonyl (C=O) groups excluding carboxylic acids is 1. The number of hydrogen-bond acceptors (Lipinski definition) is 8. The Kier molecular flexibility index (Phi) is 11.5. The first-order chi connectivity index (χ1) is 29.4. The van der Waals surface area contributed by atoms with Crippen LogP contribution in [0.3, 0.4) is 0 Å². The van der Waals surface area contributed by atoms with Gasteiger partial charge in [0.1, 0.15) is 0 Å². The molecule has 1 aliphatic carbocycles. The van der Waals surface area contributed by atoms with E-state index < -0.39 is 36.9 Å². The maximum atomic E-state index is 12.7. The molecule has 4 aliphatic rings. The summed E-state index contributed by atoms with van der Waals surface area (Å²) in [5, 5.41) is 4.31. The quantitative estimate of drug-likeness (QED) is 0.124. The minimum atomic E-state index is -4.41. The second kappa shape index (κ2) is 16.4. The van der Waals surface area contributed by atoms with Crippen molar-refractivity contribution >= 4 is 65.0 Å². The van der Waals surface area contributed by atoms with Crippen LogP contribution in [0.4, 0.5) is 16.2 Å². The number of carbonyl (C=O) groups is 1. The van der Waals surface area contributed by atoms with Gasteiger partial charge in [0, 0.05) is 51.3 Å². The van der Waals surface area contributed by atoms with Gasteiger partial charge < -0.3 is 14.5 Å². The highest BCUT2D eigenvalue weighted by atomic mass is 32.2. The molecule has 4 aromatic carbocycles. The number of allylic oxidation sites excluding steroid dienone is 8. The predicted octanol–water partition coefficient (Wildman–Crippen LogP) is 8.35. The minimum absolute atomic E-state index is 0.239. The third kappa shape index (κ3) is 8.21. The molecule has 326 valence electrons. The van der Waals surface area contributed by atoms with E-state index in [4.69, 9.17) is 4.74 Å².